The number of benzene rings is 2. The number of amides is 2. The number of fused-ring (bicyclic) bond motifs is 1. The van der Waals surface area contributed by atoms with Crippen LogP contribution in [0.2, 0.25) is 0 Å². The predicted octanol–water partition coefficient (Wildman–Crippen LogP) is 5.44. The molecule has 1 aliphatic rings. The fourth-order valence-corrected chi connectivity index (χ4v) is 4.90. The van der Waals surface area contributed by atoms with Gasteiger partial charge in [0.25, 0.3) is 5.89 Å². The Hall–Kier alpha value is -4.01. The van der Waals surface area contributed by atoms with Crippen molar-refractivity contribution >= 4 is 34.7 Å². The van der Waals surface area contributed by atoms with E-state index in [1.807, 2.05) is 49.4 Å². The third-order valence-corrected chi connectivity index (χ3v) is 6.96. The summed E-state index contributed by atoms with van der Waals surface area (Å²) in [5.74, 6) is -0.231. The van der Waals surface area contributed by atoms with E-state index in [4.69, 9.17) is 14.1 Å². The molecule has 206 valence electrons. The maximum atomic E-state index is 13.7. The molecule has 0 aliphatic heterocycles. The Labute approximate surface area is 228 Å². The van der Waals surface area contributed by atoms with Crippen LogP contribution in [0, 0.1) is 5.92 Å². The molecule has 0 spiro atoms. The summed E-state index contributed by atoms with van der Waals surface area (Å²) in [4.78, 5) is 48.4. The molecule has 1 aliphatic carbocycles. The van der Waals surface area contributed by atoms with Crippen LogP contribution in [-0.4, -0.2) is 47.3 Å². The number of hydrogen-bond donors (Lipinski definition) is 2. The molecule has 0 radical (unpaired) electrons. The lowest BCUT2D eigenvalue weighted by atomic mass is 9.84. The molecule has 2 aromatic carbocycles. The van der Waals surface area contributed by atoms with Gasteiger partial charge in [0.2, 0.25) is 11.7 Å². The van der Waals surface area contributed by atoms with E-state index in [0.29, 0.717) is 35.4 Å². The molecule has 9 nitrogen and oxygen atoms in total. The van der Waals surface area contributed by atoms with Crippen molar-refractivity contribution in [1.29, 1.82) is 0 Å². The molecule has 39 heavy (non-hydrogen) atoms. The van der Waals surface area contributed by atoms with Gasteiger partial charge in [-0.2, -0.15) is 0 Å². The number of carbonyl (C=O) groups is 3. The molecule has 2 amide bonds. The maximum Gasteiger partial charge on any atom is 0.412 e. The van der Waals surface area contributed by atoms with Gasteiger partial charge >= 0.3 is 6.09 Å². The summed E-state index contributed by atoms with van der Waals surface area (Å²) in [5, 5.41) is 5.60. The van der Waals surface area contributed by atoms with Crippen LogP contribution in [0.25, 0.3) is 11.1 Å². The third-order valence-electron chi connectivity index (χ3n) is 6.96. The topological polar surface area (TPSA) is 123 Å². The summed E-state index contributed by atoms with van der Waals surface area (Å²) in [5.41, 5.74) is 1.75. The highest BCUT2D eigenvalue weighted by atomic mass is 16.5. The summed E-state index contributed by atoms with van der Waals surface area (Å²) in [6, 6.07) is 14.7. The van der Waals surface area contributed by atoms with Crippen molar-refractivity contribution in [2.24, 2.45) is 10.9 Å². The van der Waals surface area contributed by atoms with Gasteiger partial charge in [0.05, 0.1) is 12.6 Å². The third kappa shape index (κ3) is 7.52. The lowest BCUT2D eigenvalue weighted by Crippen LogP contribution is -2.46. The molecular formula is C30H36N4O5. The van der Waals surface area contributed by atoms with Crippen LogP contribution < -0.4 is 10.6 Å². The lowest BCUT2D eigenvalue weighted by Gasteiger charge is -2.26. The van der Waals surface area contributed by atoms with Gasteiger partial charge in [-0.15, -0.1) is 0 Å². The van der Waals surface area contributed by atoms with Crippen LogP contribution in [0.15, 0.2) is 64.0 Å². The molecule has 1 heterocycles. The summed E-state index contributed by atoms with van der Waals surface area (Å²) >= 11 is 0. The van der Waals surface area contributed by atoms with Crippen LogP contribution in [-0.2, 0) is 9.53 Å². The molecule has 2 N–H and O–H groups in total. The number of ketones is 1. The number of alkyl carbamates (subject to hydrolysis) is 1. The van der Waals surface area contributed by atoms with Crippen LogP contribution >= 0.6 is 0 Å². The van der Waals surface area contributed by atoms with Gasteiger partial charge in [0, 0.05) is 5.56 Å². The number of aromatic nitrogens is 1. The van der Waals surface area contributed by atoms with Gasteiger partial charge in [0.1, 0.15) is 17.4 Å². The highest BCUT2D eigenvalue weighted by Gasteiger charge is 2.30. The number of ether oxygens (including phenoxy) is 1. The number of carbonyl (C=O) groups excluding carboxylic acids is 3. The molecule has 1 unspecified atom stereocenters. The molecule has 0 saturated heterocycles. The Bertz CT molecular complexity index is 1260. The van der Waals surface area contributed by atoms with Crippen LogP contribution in [0.5, 0.6) is 0 Å². The number of oxazole rings is 1. The minimum absolute atomic E-state index is 0.0374. The van der Waals surface area contributed by atoms with E-state index in [-0.39, 0.29) is 24.2 Å². The number of aliphatic imine (C=N–C) groups is 1. The van der Waals surface area contributed by atoms with Crippen molar-refractivity contribution in [3.05, 3.63) is 66.1 Å². The van der Waals surface area contributed by atoms with E-state index in [1.54, 1.807) is 19.1 Å². The molecule has 9 heteroatoms. The first kappa shape index (κ1) is 28.0. The largest absolute Gasteiger partial charge is 0.450 e. The number of rotatable bonds is 10. The summed E-state index contributed by atoms with van der Waals surface area (Å²) in [7, 11) is 0. The van der Waals surface area contributed by atoms with E-state index in [1.165, 1.54) is 6.42 Å². The fraction of sp³-hybridized carbons (Fsp3) is 0.433. The van der Waals surface area contributed by atoms with Gasteiger partial charge < -0.3 is 14.5 Å². The second kappa shape index (κ2) is 13.7. The summed E-state index contributed by atoms with van der Waals surface area (Å²) in [6.45, 7) is 3.75. The van der Waals surface area contributed by atoms with E-state index in [0.717, 1.165) is 25.7 Å². The highest BCUT2D eigenvalue weighted by molar-refractivity contribution is 6.07. The van der Waals surface area contributed by atoms with Gasteiger partial charge in [-0.25, -0.2) is 9.78 Å². The van der Waals surface area contributed by atoms with Crippen LogP contribution in [0.3, 0.4) is 0 Å². The van der Waals surface area contributed by atoms with Crippen molar-refractivity contribution in [2.75, 3.05) is 6.61 Å². The molecule has 4 rings (SSSR count). The number of para-hydroxylation sites is 2. The van der Waals surface area contributed by atoms with Gasteiger partial charge in [0.15, 0.2) is 5.58 Å². The van der Waals surface area contributed by atoms with E-state index in [9.17, 15) is 14.4 Å². The first-order chi connectivity index (χ1) is 19.0. The van der Waals surface area contributed by atoms with E-state index >= 15 is 0 Å². The average molecular weight is 533 g/mol. The average Bonchev–Trinajstić information content (AvgIpc) is 3.40. The van der Waals surface area contributed by atoms with Crippen LogP contribution in [0.1, 0.15) is 75.0 Å². The Kier molecular flexibility index (Phi) is 9.83. The summed E-state index contributed by atoms with van der Waals surface area (Å²) in [6.07, 6.45) is 5.68. The molecular weight excluding hydrogens is 496 g/mol. The standard InChI is InChI=1S/C30H36N4O5/c1-3-22(26(35)29-33-23-17-11-12-18-25(23)39-29)32-28(36)24(19-20-13-7-5-8-14-20)31-27(34-30(37)38-4-2)21-15-9-6-10-16-21/h6,9-12,15-18,20,22,24H,3-5,7-8,13-14,19H2,1-2H3,(H,32,36)(H,31,34,37)/t22-,24?/m0/s1. The Morgan fingerprint density at radius 3 is 2.44 bits per heavy atom. The zero-order valence-corrected chi connectivity index (χ0v) is 22.5. The van der Waals surface area contributed by atoms with Crippen molar-refractivity contribution in [1.82, 2.24) is 15.6 Å². The SMILES string of the molecule is CCOC(=O)NC(=NC(CC1CCCCC1)C(=O)N[C@@H](CC)C(=O)c1nc2ccccc2o1)c1ccccc1. The molecule has 1 saturated carbocycles. The van der Waals surface area contributed by atoms with Gasteiger partial charge in [-0.1, -0.05) is 81.5 Å². The zero-order valence-electron chi connectivity index (χ0n) is 22.5. The number of Topliss-reactive ketones (excluding diaryl/α,β-unsaturated/α-hetero) is 1. The molecule has 2 atom stereocenters. The van der Waals surface area contributed by atoms with Gasteiger partial charge in [-0.3, -0.25) is 19.9 Å². The maximum absolute atomic E-state index is 13.7. The van der Waals surface area contributed by atoms with Crippen molar-refractivity contribution in [3.63, 3.8) is 0 Å². The second-order valence-electron chi connectivity index (χ2n) is 9.77. The molecule has 1 fully saturated rings. The quantitative estimate of drug-likeness (QED) is 0.204. The predicted molar refractivity (Wildman–Crippen MR) is 149 cm³/mol. The molecule has 1 aromatic heterocycles. The van der Waals surface area contributed by atoms with E-state index in [2.05, 4.69) is 15.6 Å². The Balaban J connectivity index is 1.60. The van der Waals surface area contributed by atoms with Gasteiger partial charge in [-0.05, 0) is 37.8 Å². The van der Waals surface area contributed by atoms with E-state index < -0.39 is 24.0 Å². The van der Waals surface area contributed by atoms with Crippen molar-refractivity contribution in [3.8, 4) is 0 Å². The Morgan fingerprint density at radius 1 is 1.03 bits per heavy atom. The smallest absolute Gasteiger partial charge is 0.412 e. The minimum Gasteiger partial charge on any atom is -0.450 e. The Morgan fingerprint density at radius 2 is 1.74 bits per heavy atom. The zero-order chi connectivity index (χ0) is 27.6. The number of nitrogens with zero attached hydrogens (tertiary/aromatic N) is 2. The second-order valence-corrected chi connectivity index (χ2v) is 9.77. The van der Waals surface area contributed by atoms with Crippen molar-refractivity contribution in [2.45, 2.75) is 70.9 Å². The number of nitrogens with one attached hydrogen (secondary N) is 2. The monoisotopic (exact) mass is 532 g/mol. The minimum atomic E-state index is -0.826. The highest BCUT2D eigenvalue weighted by Crippen LogP contribution is 2.28. The summed E-state index contributed by atoms with van der Waals surface area (Å²) < 4.78 is 10.7. The molecule has 3 aromatic rings. The first-order valence-electron chi connectivity index (χ1n) is 13.8. The molecule has 0 bridgehead atoms. The lowest BCUT2D eigenvalue weighted by molar-refractivity contribution is -0.123. The van der Waals surface area contributed by atoms with Crippen LogP contribution in [0.4, 0.5) is 4.79 Å². The normalized spacial score (nSPS) is 15.9. The van der Waals surface area contributed by atoms with Crippen molar-refractivity contribution < 1.29 is 23.5 Å². The number of hydrogen-bond acceptors (Lipinski definition) is 7. The first-order valence-corrected chi connectivity index (χ1v) is 13.8. The fourth-order valence-electron chi connectivity index (χ4n) is 4.90. The number of amidine groups is 1.